The number of hydrogen-bond donors (Lipinski definition) is 1. The number of hydrogen-bond acceptors (Lipinski definition) is 2. The lowest BCUT2D eigenvalue weighted by molar-refractivity contribution is -0.120. The van der Waals surface area contributed by atoms with E-state index in [4.69, 9.17) is 5.73 Å². The molecule has 0 radical (unpaired) electrons. The maximum atomic E-state index is 11.1. The van der Waals surface area contributed by atoms with Gasteiger partial charge in [-0.3, -0.25) is 4.79 Å². The highest BCUT2D eigenvalue weighted by Crippen LogP contribution is 2.19. The van der Waals surface area contributed by atoms with E-state index in [0.717, 1.165) is 23.2 Å². The average molecular weight is 191 g/mol. The largest absolute Gasteiger partial charge is 0.398 e. The number of benzene rings is 1. The number of carbonyl (C=O) groups is 1. The third kappa shape index (κ3) is 2.34. The van der Waals surface area contributed by atoms with Crippen molar-refractivity contribution >= 4 is 11.5 Å². The van der Waals surface area contributed by atoms with Gasteiger partial charge in [-0.1, -0.05) is 25.1 Å². The van der Waals surface area contributed by atoms with Crippen molar-refractivity contribution < 1.29 is 4.79 Å². The second kappa shape index (κ2) is 4.27. The maximum absolute atomic E-state index is 11.1. The Morgan fingerprint density at radius 1 is 1.50 bits per heavy atom. The summed E-state index contributed by atoms with van der Waals surface area (Å²) >= 11 is 0. The summed E-state index contributed by atoms with van der Waals surface area (Å²) < 4.78 is 0. The minimum atomic E-state index is 0.0547. The molecule has 0 saturated heterocycles. The van der Waals surface area contributed by atoms with E-state index in [0.29, 0.717) is 0 Å². The zero-order chi connectivity index (χ0) is 10.7. The Labute approximate surface area is 85.1 Å². The highest BCUT2D eigenvalue weighted by molar-refractivity contribution is 5.78. The molecule has 76 valence electrons. The molecular weight excluding hydrogens is 174 g/mol. The summed E-state index contributed by atoms with van der Waals surface area (Å²) in [5.74, 6) is 0.269. The molecule has 1 aromatic carbocycles. The molecule has 0 spiro atoms. The molecule has 1 unspecified atom stereocenters. The number of nitrogens with two attached hydrogens (primary N) is 1. The predicted octanol–water partition coefficient (Wildman–Crippen LogP) is 2.34. The molecule has 0 bridgehead atoms. The van der Waals surface area contributed by atoms with Gasteiger partial charge in [-0.05, 0) is 31.4 Å². The number of Topliss-reactive ketones (excluding diaryl/α,β-unsaturated/α-hetero) is 1. The summed E-state index contributed by atoms with van der Waals surface area (Å²) in [5.41, 5.74) is 8.90. The molecule has 2 heteroatoms. The molecule has 1 aromatic rings. The number of para-hydroxylation sites is 1. The topological polar surface area (TPSA) is 43.1 Å². The van der Waals surface area contributed by atoms with Crippen LogP contribution in [0.3, 0.4) is 0 Å². The van der Waals surface area contributed by atoms with Crippen LogP contribution < -0.4 is 5.73 Å². The quantitative estimate of drug-likeness (QED) is 0.745. The first kappa shape index (κ1) is 10.8. The van der Waals surface area contributed by atoms with Crippen molar-refractivity contribution in [3.05, 3.63) is 29.3 Å². The zero-order valence-corrected chi connectivity index (χ0v) is 9.00. The van der Waals surface area contributed by atoms with E-state index < -0.39 is 0 Å². The van der Waals surface area contributed by atoms with Gasteiger partial charge in [0, 0.05) is 11.6 Å². The fraction of sp³-hybridized carbons (Fsp3) is 0.417. The second-order valence-corrected chi connectivity index (χ2v) is 3.86. The van der Waals surface area contributed by atoms with Gasteiger partial charge >= 0.3 is 0 Å². The van der Waals surface area contributed by atoms with Gasteiger partial charge in [0.2, 0.25) is 0 Å². The molecule has 14 heavy (non-hydrogen) atoms. The summed E-state index contributed by atoms with van der Waals surface area (Å²) in [6.45, 7) is 5.54. The third-order valence-electron chi connectivity index (χ3n) is 2.63. The zero-order valence-electron chi connectivity index (χ0n) is 9.00. The molecule has 0 amide bonds. The molecule has 2 N–H and O–H groups in total. The number of carbonyl (C=O) groups excluding carboxylic acids is 1. The molecule has 0 heterocycles. The highest BCUT2D eigenvalue weighted by atomic mass is 16.1. The van der Waals surface area contributed by atoms with Crippen LogP contribution in [0.2, 0.25) is 0 Å². The van der Waals surface area contributed by atoms with Crippen LogP contribution in [0.5, 0.6) is 0 Å². The molecule has 1 rings (SSSR count). The van der Waals surface area contributed by atoms with Crippen molar-refractivity contribution in [3.63, 3.8) is 0 Å². The molecule has 0 aliphatic heterocycles. The van der Waals surface area contributed by atoms with E-state index in [1.54, 1.807) is 6.92 Å². The summed E-state index contributed by atoms with van der Waals surface area (Å²) in [4.78, 5) is 11.1. The van der Waals surface area contributed by atoms with Crippen LogP contribution in [0, 0.1) is 12.8 Å². The Balaban J connectivity index is 2.87. The lowest BCUT2D eigenvalue weighted by atomic mass is 9.95. The van der Waals surface area contributed by atoms with Crippen molar-refractivity contribution in [2.45, 2.75) is 27.2 Å². The van der Waals surface area contributed by atoms with Gasteiger partial charge in [0.05, 0.1) is 0 Å². The molecule has 0 aromatic heterocycles. The maximum Gasteiger partial charge on any atom is 0.132 e. The standard InChI is InChI=1S/C12H17NO/c1-8-5-4-6-11(12(8)13)7-9(2)10(3)14/h4-6,9H,7,13H2,1-3H3. The van der Waals surface area contributed by atoms with Crippen LogP contribution in [0.1, 0.15) is 25.0 Å². The van der Waals surface area contributed by atoms with Crippen molar-refractivity contribution in [1.29, 1.82) is 0 Å². The second-order valence-electron chi connectivity index (χ2n) is 3.86. The number of anilines is 1. The molecule has 0 fully saturated rings. The van der Waals surface area contributed by atoms with Crippen LogP contribution in [0.25, 0.3) is 0 Å². The first-order valence-corrected chi connectivity index (χ1v) is 4.86. The van der Waals surface area contributed by atoms with Crippen molar-refractivity contribution in [2.24, 2.45) is 5.92 Å². The lowest BCUT2D eigenvalue weighted by Crippen LogP contribution is -2.11. The predicted molar refractivity (Wildman–Crippen MR) is 59.1 cm³/mol. The van der Waals surface area contributed by atoms with Crippen LogP contribution in [0.4, 0.5) is 5.69 Å². The summed E-state index contributed by atoms with van der Waals surface area (Å²) in [6, 6.07) is 5.95. The van der Waals surface area contributed by atoms with Gasteiger partial charge in [-0.2, -0.15) is 0 Å². The van der Waals surface area contributed by atoms with E-state index in [9.17, 15) is 4.79 Å². The van der Waals surface area contributed by atoms with E-state index in [1.165, 1.54) is 0 Å². The van der Waals surface area contributed by atoms with Crippen LogP contribution in [-0.4, -0.2) is 5.78 Å². The number of rotatable bonds is 3. The molecule has 0 aliphatic carbocycles. The monoisotopic (exact) mass is 191 g/mol. The van der Waals surface area contributed by atoms with Gasteiger partial charge < -0.3 is 5.73 Å². The number of aryl methyl sites for hydroxylation is 1. The van der Waals surface area contributed by atoms with Gasteiger partial charge in [0.1, 0.15) is 5.78 Å². The van der Waals surface area contributed by atoms with Crippen molar-refractivity contribution in [3.8, 4) is 0 Å². The fourth-order valence-electron chi connectivity index (χ4n) is 1.39. The Kier molecular flexibility index (Phi) is 3.28. The molecular formula is C12H17NO. The summed E-state index contributed by atoms with van der Waals surface area (Å²) in [5, 5.41) is 0. The smallest absolute Gasteiger partial charge is 0.132 e. The van der Waals surface area contributed by atoms with Gasteiger partial charge in [-0.15, -0.1) is 0 Å². The van der Waals surface area contributed by atoms with E-state index in [1.807, 2.05) is 32.0 Å². The third-order valence-corrected chi connectivity index (χ3v) is 2.63. The van der Waals surface area contributed by atoms with Gasteiger partial charge in [-0.25, -0.2) is 0 Å². The molecule has 2 nitrogen and oxygen atoms in total. The minimum Gasteiger partial charge on any atom is -0.398 e. The van der Waals surface area contributed by atoms with Crippen LogP contribution >= 0.6 is 0 Å². The Morgan fingerprint density at radius 3 is 2.71 bits per heavy atom. The van der Waals surface area contributed by atoms with Crippen LogP contribution in [0.15, 0.2) is 18.2 Å². The average Bonchev–Trinajstić information content (AvgIpc) is 2.12. The minimum absolute atomic E-state index is 0.0547. The van der Waals surface area contributed by atoms with Crippen molar-refractivity contribution in [2.75, 3.05) is 5.73 Å². The first-order chi connectivity index (χ1) is 6.52. The first-order valence-electron chi connectivity index (χ1n) is 4.86. The highest BCUT2D eigenvalue weighted by Gasteiger charge is 2.10. The summed E-state index contributed by atoms with van der Waals surface area (Å²) in [6.07, 6.45) is 0.739. The van der Waals surface area contributed by atoms with Crippen molar-refractivity contribution in [1.82, 2.24) is 0 Å². The number of ketones is 1. The van der Waals surface area contributed by atoms with E-state index in [2.05, 4.69) is 0 Å². The fourth-order valence-corrected chi connectivity index (χ4v) is 1.39. The SMILES string of the molecule is CC(=O)C(C)Cc1cccc(C)c1N. The van der Waals surface area contributed by atoms with E-state index >= 15 is 0 Å². The molecule has 0 saturated carbocycles. The Hall–Kier alpha value is -1.31. The Bertz CT molecular complexity index is 344. The van der Waals surface area contributed by atoms with E-state index in [-0.39, 0.29) is 11.7 Å². The van der Waals surface area contributed by atoms with Gasteiger partial charge in [0.25, 0.3) is 0 Å². The molecule has 0 aliphatic rings. The molecule has 1 atom stereocenters. The summed E-state index contributed by atoms with van der Waals surface area (Å²) in [7, 11) is 0. The normalized spacial score (nSPS) is 12.5. The number of nitrogen functional groups attached to an aromatic ring is 1. The van der Waals surface area contributed by atoms with Crippen LogP contribution in [-0.2, 0) is 11.2 Å². The Morgan fingerprint density at radius 2 is 2.14 bits per heavy atom. The van der Waals surface area contributed by atoms with Gasteiger partial charge in [0.15, 0.2) is 0 Å². The lowest BCUT2D eigenvalue weighted by Gasteiger charge is -2.11.